The Morgan fingerprint density at radius 1 is 1.40 bits per heavy atom. The van der Waals surface area contributed by atoms with Gasteiger partial charge in [-0.2, -0.15) is 0 Å². The van der Waals surface area contributed by atoms with E-state index in [0.29, 0.717) is 0 Å². The van der Waals surface area contributed by atoms with Crippen LogP contribution in [0.3, 0.4) is 0 Å². The molecular weight excluding hydrogens is 190 g/mol. The van der Waals surface area contributed by atoms with Crippen LogP contribution in [0.15, 0.2) is 37.2 Å². The second kappa shape index (κ2) is 5.18. The Balaban J connectivity index is 0.000000810. The van der Waals surface area contributed by atoms with Gasteiger partial charge in [0.05, 0.1) is 0 Å². The van der Waals surface area contributed by atoms with Crippen LogP contribution in [0, 0.1) is 0 Å². The first-order valence-electron chi connectivity index (χ1n) is 2.93. The second-order valence-electron chi connectivity index (χ2n) is 1.85. The number of aromatic nitrogens is 1. The van der Waals surface area contributed by atoms with E-state index in [9.17, 15) is 0 Å². The molecule has 0 atom stereocenters. The molecule has 0 aliphatic carbocycles. The summed E-state index contributed by atoms with van der Waals surface area (Å²) in [5.41, 5.74) is 1.26. The second-order valence-corrected chi connectivity index (χ2v) is 1.85. The van der Waals surface area contributed by atoms with Crippen LogP contribution in [0.2, 0.25) is 0 Å². The van der Waals surface area contributed by atoms with Gasteiger partial charge in [-0.3, -0.25) is 4.98 Å². The van der Waals surface area contributed by atoms with Crippen molar-refractivity contribution in [1.82, 2.24) is 4.98 Å². The van der Waals surface area contributed by atoms with Crippen LogP contribution in [0.1, 0.15) is 5.56 Å². The van der Waals surface area contributed by atoms with E-state index in [1.54, 1.807) is 12.4 Å². The first-order valence-corrected chi connectivity index (χ1v) is 2.93. The molecular formula is C8H10BrN. The van der Waals surface area contributed by atoms with E-state index < -0.39 is 0 Å². The zero-order valence-corrected chi connectivity index (χ0v) is 7.37. The summed E-state index contributed by atoms with van der Waals surface area (Å²) in [7, 11) is 0. The van der Waals surface area contributed by atoms with Crippen LogP contribution in [0.4, 0.5) is 0 Å². The summed E-state index contributed by atoms with van der Waals surface area (Å²) in [6, 6.07) is 3.98. The summed E-state index contributed by atoms with van der Waals surface area (Å²) in [5, 5.41) is 0. The molecule has 1 aromatic heterocycles. The molecule has 0 spiro atoms. The predicted octanol–water partition coefficient (Wildman–Crippen LogP) is 2.39. The Morgan fingerprint density at radius 3 is 2.50 bits per heavy atom. The van der Waals surface area contributed by atoms with Crippen LogP contribution < -0.4 is 0 Å². The Hall–Kier alpha value is -0.630. The third kappa shape index (κ3) is 2.78. The number of allylic oxidation sites excluding steroid dienone is 1. The van der Waals surface area contributed by atoms with Gasteiger partial charge < -0.3 is 0 Å². The Bertz CT molecular complexity index is 184. The summed E-state index contributed by atoms with van der Waals surface area (Å²) in [6.07, 6.45) is 6.40. The molecule has 0 fully saturated rings. The van der Waals surface area contributed by atoms with Crippen molar-refractivity contribution in [2.45, 2.75) is 6.42 Å². The lowest BCUT2D eigenvalue weighted by Crippen LogP contribution is -1.78. The van der Waals surface area contributed by atoms with Gasteiger partial charge in [-0.05, 0) is 24.1 Å². The van der Waals surface area contributed by atoms with Crippen LogP contribution in [-0.4, -0.2) is 4.98 Å². The van der Waals surface area contributed by atoms with E-state index in [-0.39, 0.29) is 17.0 Å². The third-order valence-corrected chi connectivity index (χ3v) is 1.13. The standard InChI is InChI=1S/C8H9N.BrH/c1-2-3-8-4-6-9-7-5-8;/h2,4-7H,1,3H2;1H. The summed E-state index contributed by atoms with van der Waals surface area (Å²) < 4.78 is 0. The lowest BCUT2D eigenvalue weighted by molar-refractivity contribution is 1.22. The van der Waals surface area contributed by atoms with Gasteiger partial charge in [0.15, 0.2) is 0 Å². The highest BCUT2D eigenvalue weighted by Crippen LogP contribution is 1.96. The number of rotatable bonds is 2. The minimum Gasteiger partial charge on any atom is -0.265 e. The van der Waals surface area contributed by atoms with Crippen molar-refractivity contribution in [3.63, 3.8) is 0 Å². The maximum absolute atomic E-state index is 3.89. The number of hydrogen-bond acceptors (Lipinski definition) is 1. The number of pyridine rings is 1. The normalized spacial score (nSPS) is 8.00. The summed E-state index contributed by atoms with van der Waals surface area (Å²) in [4.78, 5) is 3.89. The van der Waals surface area contributed by atoms with Crippen LogP contribution >= 0.6 is 17.0 Å². The molecule has 0 bridgehead atoms. The molecule has 0 unspecified atom stereocenters. The minimum absolute atomic E-state index is 0. The van der Waals surface area contributed by atoms with Crippen molar-refractivity contribution in [3.8, 4) is 0 Å². The molecule has 0 radical (unpaired) electrons. The van der Waals surface area contributed by atoms with Gasteiger partial charge in [0.25, 0.3) is 0 Å². The van der Waals surface area contributed by atoms with Crippen molar-refractivity contribution >= 4 is 17.0 Å². The van der Waals surface area contributed by atoms with Gasteiger partial charge in [-0.15, -0.1) is 23.6 Å². The molecule has 0 aliphatic heterocycles. The van der Waals surface area contributed by atoms with E-state index >= 15 is 0 Å². The molecule has 0 N–H and O–H groups in total. The molecule has 0 saturated carbocycles. The van der Waals surface area contributed by atoms with Gasteiger partial charge in [0.1, 0.15) is 0 Å². The highest BCUT2D eigenvalue weighted by atomic mass is 79.9. The van der Waals surface area contributed by atoms with Crippen molar-refractivity contribution in [1.29, 1.82) is 0 Å². The molecule has 54 valence electrons. The Morgan fingerprint density at radius 2 is 2.00 bits per heavy atom. The molecule has 0 saturated heterocycles. The van der Waals surface area contributed by atoms with Crippen LogP contribution in [0.25, 0.3) is 0 Å². The van der Waals surface area contributed by atoms with Crippen molar-refractivity contribution in [2.75, 3.05) is 0 Å². The van der Waals surface area contributed by atoms with E-state index in [4.69, 9.17) is 0 Å². The largest absolute Gasteiger partial charge is 0.265 e. The van der Waals surface area contributed by atoms with Crippen LogP contribution in [0.5, 0.6) is 0 Å². The highest BCUT2D eigenvalue weighted by molar-refractivity contribution is 8.93. The van der Waals surface area contributed by atoms with Crippen LogP contribution in [-0.2, 0) is 6.42 Å². The zero-order chi connectivity index (χ0) is 6.53. The SMILES string of the molecule is Br.C=CCc1ccncc1. The molecule has 1 heterocycles. The number of hydrogen-bond donors (Lipinski definition) is 0. The van der Waals surface area contributed by atoms with Gasteiger partial charge >= 0.3 is 0 Å². The third-order valence-electron chi connectivity index (χ3n) is 1.13. The molecule has 1 aromatic rings. The molecule has 1 nitrogen and oxygen atoms in total. The van der Waals surface area contributed by atoms with Gasteiger partial charge in [-0.1, -0.05) is 6.08 Å². The zero-order valence-electron chi connectivity index (χ0n) is 5.66. The molecule has 1 rings (SSSR count). The summed E-state index contributed by atoms with van der Waals surface area (Å²) in [5.74, 6) is 0. The average Bonchev–Trinajstić information content (AvgIpc) is 1.91. The quantitative estimate of drug-likeness (QED) is 0.668. The molecule has 2 heteroatoms. The van der Waals surface area contributed by atoms with E-state index in [0.717, 1.165) is 6.42 Å². The van der Waals surface area contributed by atoms with E-state index in [1.165, 1.54) is 5.56 Å². The van der Waals surface area contributed by atoms with Gasteiger partial charge in [0.2, 0.25) is 0 Å². The molecule has 0 aliphatic rings. The molecule has 0 aromatic carbocycles. The highest BCUT2D eigenvalue weighted by Gasteiger charge is 1.82. The Kier molecular flexibility index (Phi) is 4.85. The van der Waals surface area contributed by atoms with E-state index in [2.05, 4.69) is 11.6 Å². The fourth-order valence-corrected chi connectivity index (χ4v) is 0.686. The lowest BCUT2D eigenvalue weighted by atomic mass is 10.2. The molecule has 0 amide bonds. The molecule has 10 heavy (non-hydrogen) atoms. The monoisotopic (exact) mass is 199 g/mol. The average molecular weight is 200 g/mol. The van der Waals surface area contributed by atoms with Gasteiger partial charge in [-0.25, -0.2) is 0 Å². The van der Waals surface area contributed by atoms with Crippen molar-refractivity contribution in [3.05, 3.63) is 42.7 Å². The Labute approximate surface area is 71.6 Å². The maximum atomic E-state index is 3.89. The number of halogens is 1. The van der Waals surface area contributed by atoms with Crippen molar-refractivity contribution in [2.24, 2.45) is 0 Å². The predicted molar refractivity (Wildman–Crippen MR) is 48.5 cm³/mol. The fraction of sp³-hybridized carbons (Fsp3) is 0.125. The van der Waals surface area contributed by atoms with Crippen molar-refractivity contribution < 1.29 is 0 Å². The van der Waals surface area contributed by atoms with E-state index in [1.807, 2.05) is 18.2 Å². The smallest absolute Gasteiger partial charge is 0.0270 e. The summed E-state index contributed by atoms with van der Waals surface area (Å²) >= 11 is 0. The lowest BCUT2D eigenvalue weighted by Gasteiger charge is -1.90. The van der Waals surface area contributed by atoms with Gasteiger partial charge in [0, 0.05) is 12.4 Å². The topological polar surface area (TPSA) is 12.9 Å². The first kappa shape index (κ1) is 9.37. The minimum atomic E-state index is 0. The maximum Gasteiger partial charge on any atom is 0.0270 e. The summed E-state index contributed by atoms with van der Waals surface area (Å²) in [6.45, 7) is 3.64. The first-order chi connectivity index (χ1) is 4.43. The number of nitrogens with zero attached hydrogens (tertiary/aromatic N) is 1. The fourth-order valence-electron chi connectivity index (χ4n) is 0.686.